The van der Waals surface area contributed by atoms with Gasteiger partial charge in [-0.1, -0.05) is 0 Å². The molecule has 2 aromatic rings. The van der Waals surface area contributed by atoms with Crippen molar-refractivity contribution in [1.29, 1.82) is 0 Å². The molecule has 1 N–H and O–H groups in total. The van der Waals surface area contributed by atoms with E-state index >= 15 is 0 Å². The van der Waals surface area contributed by atoms with Gasteiger partial charge in [-0.2, -0.15) is 5.10 Å². The van der Waals surface area contributed by atoms with Gasteiger partial charge < -0.3 is 10.1 Å². The third kappa shape index (κ3) is 3.93. The van der Waals surface area contributed by atoms with E-state index in [9.17, 15) is 4.79 Å². The van der Waals surface area contributed by atoms with Gasteiger partial charge in [0.2, 0.25) is 0 Å². The Balaban J connectivity index is 1.89. The second kappa shape index (κ2) is 5.78. The summed E-state index contributed by atoms with van der Waals surface area (Å²) in [6, 6.07) is 1.81. The Morgan fingerprint density at radius 1 is 1.50 bits per heavy atom. The van der Waals surface area contributed by atoms with Crippen LogP contribution in [0.4, 0.5) is 5.82 Å². The van der Waals surface area contributed by atoms with Crippen molar-refractivity contribution in [2.75, 3.05) is 11.9 Å². The number of hydrogen-bond acceptors (Lipinski definition) is 5. The van der Waals surface area contributed by atoms with Crippen molar-refractivity contribution in [3.63, 3.8) is 0 Å². The Hall–Kier alpha value is -1.63. The van der Waals surface area contributed by atoms with E-state index in [-0.39, 0.29) is 5.97 Å². The van der Waals surface area contributed by atoms with Crippen molar-refractivity contribution < 1.29 is 9.53 Å². The average Bonchev–Trinajstić information content (AvgIpc) is 2.69. The van der Waals surface area contributed by atoms with E-state index < -0.39 is 5.60 Å². The lowest BCUT2D eigenvalue weighted by molar-refractivity contribution is -0.154. The molecule has 2 aromatic heterocycles. The molecule has 0 fully saturated rings. The van der Waals surface area contributed by atoms with Crippen LogP contribution in [0, 0.1) is 0 Å². The fourth-order valence-electron chi connectivity index (χ4n) is 1.62. The minimum absolute atomic E-state index is 0.225. The number of anilines is 1. The molecule has 2 rings (SSSR count). The summed E-state index contributed by atoms with van der Waals surface area (Å²) >= 11 is 3.38. The van der Waals surface area contributed by atoms with Gasteiger partial charge in [0, 0.05) is 12.7 Å². The number of hydrogen-bond donors (Lipinski definition) is 1. The maximum absolute atomic E-state index is 11.6. The molecule has 0 radical (unpaired) electrons. The van der Waals surface area contributed by atoms with Crippen molar-refractivity contribution in [2.45, 2.75) is 32.8 Å². The Labute approximate surface area is 125 Å². The second-order valence-electron chi connectivity index (χ2n) is 5.34. The third-order valence-electron chi connectivity index (χ3n) is 2.38. The highest BCUT2D eigenvalue weighted by molar-refractivity contribution is 9.10. The number of carbonyl (C=O) groups is 1. The Kier molecular flexibility index (Phi) is 4.27. The molecule has 108 valence electrons. The summed E-state index contributed by atoms with van der Waals surface area (Å²) in [6.07, 6.45) is 3.79. The molecule has 7 heteroatoms. The molecule has 2 heterocycles. The molecular weight excluding hydrogens is 324 g/mol. The first-order valence-corrected chi connectivity index (χ1v) is 7.10. The summed E-state index contributed by atoms with van der Waals surface area (Å²) in [7, 11) is 0. The van der Waals surface area contributed by atoms with Gasteiger partial charge in [0.1, 0.15) is 11.4 Å². The molecule has 0 unspecified atom stereocenters. The monoisotopic (exact) mass is 340 g/mol. The fourth-order valence-corrected chi connectivity index (χ4v) is 1.99. The summed E-state index contributed by atoms with van der Waals surface area (Å²) in [5.41, 5.74) is 0.281. The van der Waals surface area contributed by atoms with Gasteiger partial charge in [0.05, 0.1) is 17.1 Å². The summed E-state index contributed by atoms with van der Waals surface area (Å²) in [4.78, 5) is 16.0. The number of rotatable bonds is 4. The van der Waals surface area contributed by atoms with Crippen LogP contribution in [0.1, 0.15) is 27.2 Å². The average molecular weight is 341 g/mol. The lowest BCUT2D eigenvalue weighted by atomic mass is 10.2. The number of aromatic nitrogens is 3. The molecule has 0 amide bonds. The first kappa shape index (κ1) is 14.8. The number of fused-ring (bicyclic) bond motifs is 1. The number of carbonyl (C=O) groups excluding carboxylic acids is 1. The zero-order valence-corrected chi connectivity index (χ0v) is 13.3. The lowest BCUT2D eigenvalue weighted by Gasteiger charge is -2.19. The van der Waals surface area contributed by atoms with Crippen LogP contribution in [0.2, 0.25) is 0 Å². The molecule has 6 nitrogen and oxygen atoms in total. The zero-order valence-electron chi connectivity index (χ0n) is 11.7. The van der Waals surface area contributed by atoms with Crippen LogP contribution in [0.3, 0.4) is 0 Å². The van der Waals surface area contributed by atoms with Crippen LogP contribution < -0.4 is 5.32 Å². The summed E-state index contributed by atoms with van der Waals surface area (Å²) < 4.78 is 7.73. The normalized spacial score (nSPS) is 11.6. The summed E-state index contributed by atoms with van der Waals surface area (Å²) in [6.45, 7) is 6.03. The molecule has 0 saturated heterocycles. The Bertz CT molecular complexity index is 618. The first-order valence-electron chi connectivity index (χ1n) is 6.31. The van der Waals surface area contributed by atoms with Crippen molar-refractivity contribution in [3.05, 3.63) is 22.9 Å². The third-order valence-corrected chi connectivity index (χ3v) is 2.94. The van der Waals surface area contributed by atoms with Crippen LogP contribution in [0.25, 0.3) is 5.65 Å². The van der Waals surface area contributed by atoms with E-state index in [1.165, 1.54) is 0 Å². The van der Waals surface area contributed by atoms with Crippen molar-refractivity contribution >= 4 is 33.4 Å². The number of esters is 1. The number of nitrogens with one attached hydrogen (secondary N) is 1. The number of nitrogens with zero attached hydrogens (tertiary/aromatic N) is 3. The topological polar surface area (TPSA) is 68.5 Å². The van der Waals surface area contributed by atoms with E-state index in [1.807, 2.05) is 33.0 Å². The minimum Gasteiger partial charge on any atom is -0.460 e. The smallest absolute Gasteiger partial charge is 0.308 e. The van der Waals surface area contributed by atoms with E-state index in [1.54, 1.807) is 10.7 Å². The maximum Gasteiger partial charge on any atom is 0.308 e. The van der Waals surface area contributed by atoms with Gasteiger partial charge in [-0.05, 0) is 42.8 Å². The fraction of sp³-hybridized carbons (Fsp3) is 0.462. The van der Waals surface area contributed by atoms with Crippen LogP contribution in [-0.2, 0) is 9.53 Å². The lowest BCUT2D eigenvalue weighted by Crippen LogP contribution is -2.25. The van der Waals surface area contributed by atoms with E-state index in [2.05, 4.69) is 31.3 Å². The van der Waals surface area contributed by atoms with E-state index in [0.29, 0.717) is 18.8 Å². The predicted octanol–water partition coefficient (Wildman–Crippen LogP) is 2.64. The van der Waals surface area contributed by atoms with Gasteiger partial charge in [-0.15, -0.1) is 0 Å². The van der Waals surface area contributed by atoms with E-state index in [0.717, 1.165) is 10.1 Å². The molecule has 0 aliphatic rings. The molecule has 20 heavy (non-hydrogen) atoms. The van der Waals surface area contributed by atoms with Crippen molar-refractivity contribution in [1.82, 2.24) is 14.6 Å². The molecule has 0 aliphatic carbocycles. The predicted molar refractivity (Wildman–Crippen MR) is 79.6 cm³/mol. The molecule has 0 spiro atoms. The molecule has 0 atom stereocenters. The molecule has 0 aliphatic heterocycles. The van der Waals surface area contributed by atoms with Gasteiger partial charge in [0.25, 0.3) is 0 Å². The van der Waals surface area contributed by atoms with Crippen LogP contribution in [0.15, 0.2) is 22.9 Å². The molecule has 0 saturated carbocycles. The number of ether oxygens (including phenoxy) is 1. The second-order valence-corrected chi connectivity index (χ2v) is 6.19. The van der Waals surface area contributed by atoms with Gasteiger partial charge in [-0.25, -0.2) is 9.50 Å². The summed E-state index contributed by atoms with van der Waals surface area (Å²) in [5.74, 6) is 0.471. The van der Waals surface area contributed by atoms with Crippen molar-refractivity contribution in [2.24, 2.45) is 0 Å². The highest BCUT2D eigenvalue weighted by Gasteiger charge is 2.15. The van der Waals surface area contributed by atoms with Crippen LogP contribution in [0.5, 0.6) is 0 Å². The van der Waals surface area contributed by atoms with Crippen LogP contribution in [-0.4, -0.2) is 32.7 Å². The quantitative estimate of drug-likeness (QED) is 0.866. The first-order chi connectivity index (χ1) is 9.35. The number of halogens is 1. The molecule has 0 bridgehead atoms. The highest BCUT2D eigenvalue weighted by Crippen LogP contribution is 2.16. The van der Waals surface area contributed by atoms with Gasteiger partial charge in [0.15, 0.2) is 5.65 Å². The molecular formula is C13H17BrN4O2. The standard InChI is InChI=1S/C13H17BrN4O2/c1-13(2,3)20-11(19)4-6-15-10-5-7-18-12(17-10)9(14)8-16-18/h5,7-8H,4,6H2,1-3H3,(H,15,17). The zero-order chi connectivity index (χ0) is 14.8. The van der Waals surface area contributed by atoms with Crippen molar-refractivity contribution in [3.8, 4) is 0 Å². The summed E-state index contributed by atoms with van der Waals surface area (Å²) in [5, 5.41) is 7.21. The minimum atomic E-state index is -0.448. The highest BCUT2D eigenvalue weighted by atomic mass is 79.9. The Morgan fingerprint density at radius 2 is 2.25 bits per heavy atom. The van der Waals surface area contributed by atoms with Crippen LogP contribution >= 0.6 is 15.9 Å². The maximum atomic E-state index is 11.6. The van der Waals surface area contributed by atoms with Gasteiger partial charge >= 0.3 is 5.97 Å². The SMILES string of the molecule is CC(C)(C)OC(=O)CCNc1ccn2ncc(Br)c2n1. The Morgan fingerprint density at radius 3 is 2.95 bits per heavy atom. The van der Waals surface area contributed by atoms with E-state index in [4.69, 9.17) is 4.74 Å². The van der Waals surface area contributed by atoms with Gasteiger partial charge in [-0.3, -0.25) is 4.79 Å². The molecule has 0 aromatic carbocycles. The largest absolute Gasteiger partial charge is 0.460 e.